The van der Waals surface area contributed by atoms with Crippen molar-refractivity contribution in [2.24, 2.45) is 0 Å². The summed E-state index contributed by atoms with van der Waals surface area (Å²) in [6.45, 7) is 1.86. The molecule has 17 heavy (non-hydrogen) atoms. The number of Topliss-reactive ketones (excluding diaryl/α,β-unsaturated/α-hetero) is 1. The number of ketones is 1. The van der Waals surface area contributed by atoms with E-state index in [1.54, 1.807) is 36.5 Å². The number of benzene rings is 1. The van der Waals surface area contributed by atoms with Crippen molar-refractivity contribution in [2.75, 3.05) is 0 Å². The van der Waals surface area contributed by atoms with E-state index < -0.39 is 6.10 Å². The van der Waals surface area contributed by atoms with Crippen molar-refractivity contribution in [3.05, 3.63) is 65.5 Å². The van der Waals surface area contributed by atoms with Crippen LogP contribution in [0.25, 0.3) is 0 Å². The number of carbonyl (C=O) groups excluding carboxylic acids is 1. The average molecular weight is 227 g/mol. The number of nitrogens with zero attached hydrogens (tertiary/aromatic N) is 1. The lowest BCUT2D eigenvalue weighted by atomic mass is 10.0. The van der Waals surface area contributed by atoms with Gasteiger partial charge in [0.15, 0.2) is 5.78 Å². The van der Waals surface area contributed by atoms with E-state index in [1.807, 2.05) is 13.0 Å². The molecule has 0 saturated carbocycles. The lowest BCUT2D eigenvalue weighted by Gasteiger charge is -2.09. The van der Waals surface area contributed by atoms with Gasteiger partial charge in [0.1, 0.15) is 6.10 Å². The van der Waals surface area contributed by atoms with Gasteiger partial charge in [-0.1, -0.05) is 30.3 Å². The molecule has 1 N–H and O–H groups in total. The van der Waals surface area contributed by atoms with Crippen LogP contribution >= 0.6 is 0 Å². The van der Waals surface area contributed by atoms with Crippen molar-refractivity contribution in [3.8, 4) is 0 Å². The van der Waals surface area contributed by atoms with Crippen LogP contribution in [-0.4, -0.2) is 15.9 Å². The number of hydrogen-bond donors (Lipinski definition) is 1. The van der Waals surface area contributed by atoms with Crippen LogP contribution in [0.4, 0.5) is 0 Å². The lowest BCUT2D eigenvalue weighted by Crippen LogP contribution is -2.12. The molecule has 1 atom stereocenters. The van der Waals surface area contributed by atoms with Crippen molar-refractivity contribution in [1.29, 1.82) is 0 Å². The van der Waals surface area contributed by atoms with E-state index in [9.17, 15) is 9.90 Å². The minimum Gasteiger partial charge on any atom is -0.380 e. The van der Waals surface area contributed by atoms with Crippen LogP contribution in [0.5, 0.6) is 0 Å². The number of aliphatic hydroxyl groups excluding tert-OH is 1. The second-order valence-corrected chi connectivity index (χ2v) is 3.93. The highest BCUT2D eigenvalue weighted by Crippen LogP contribution is 2.17. The van der Waals surface area contributed by atoms with Crippen LogP contribution in [-0.2, 0) is 0 Å². The van der Waals surface area contributed by atoms with E-state index in [4.69, 9.17) is 0 Å². The summed E-state index contributed by atoms with van der Waals surface area (Å²) >= 11 is 0. The number of hydrogen-bond acceptors (Lipinski definition) is 3. The monoisotopic (exact) mass is 227 g/mol. The third kappa shape index (κ3) is 2.57. The summed E-state index contributed by atoms with van der Waals surface area (Å²) in [7, 11) is 0. The number of aryl methyl sites for hydroxylation is 1. The molecule has 0 aliphatic heterocycles. The molecule has 0 aliphatic rings. The molecule has 1 unspecified atom stereocenters. The summed E-state index contributed by atoms with van der Waals surface area (Å²) < 4.78 is 0. The predicted molar refractivity (Wildman–Crippen MR) is 64.7 cm³/mol. The fourth-order valence-electron chi connectivity index (χ4n) is 1.63. The lowest BCUT2D eigenvalue weighted by molar-refractivity contribution is 0.0747. The minimum absolute atomic E-state index is 0.326. The Labute approximate surface area is 99.8 Å². The molecule has 3 heteroatoms. The molecule has 0 bridgehead atoms. The Kier molecular flexibility index (Phi) is 3.30. The predicted octanol–water partition coefficient (Wildman–Crippen LogP) is 2.31. The summed E-state index contributed by atoms with van der Waals surface area (Å²) in [5, 5.41) is 9.96. The molecule has 0 spiro atoms. The van der Waals surface area contributed by atoms with E-state index in [-0.39, 0.29) is 5.78 Å². The van der Waals surface area contributed by atoms with Crippen LogP contribution < -0.4 is 0 Å². The summed E-state index contributed by atoms with van der Waals surface area (Å²) in [5.41, 5.74) is 1.93. The van der Waals surface area contributed by atoms with Gasteiger partial charge in [-0.25, -0.2) is 0 Å². The van der Waals surface area contributed by atoms with Gasteiger partial charge in [0.2, 0.25) is 0 Å². The molecule has 2 aromatic rings. The van der Waals surface area contributed by atoms with Gasteiger partial charge in [0.05, 0.1) is 0 Å². The second-order valence-electron chi connectivity index (χ2n) is 3.93. The van der Waals surface area contributed by atoms with Gasteiger partial charge < -0.3 is 5.11 Å². The van der Waals surface area contributed by atoms with Gasteiger partial charge in [-0.2, -0.15) is 0 Å². The van der Waals surface area contributed by atoms with Crippen molar-refractivity contribution < 1.29 is 9.90 Å². The zero-order valence-electron chi connectivity index (χ0n) is 9.50. The van der Waals surface area contributed by atoms with E-state index in [1.165, 1.54) is 6.20 Å². The Hall–Kier alpha value is -2.00. The summed E-state index contributed by atoms with van der Waals surface area (Å²) in [5.74, 6) is -0.326. The van der Waals surface area contributed by atoms with Crippen LogP contribution in [0.1, 0.15) is 27.6 Å². The number of rotatable bonds is 3. The zero-order chi connectivity index (χ0) is 12.3. The first-order valence-electron chi connectivity index (χ1n) is 5.37. The standard InChI is InChI=1S/C14H13NO2/c1-10-7-12(9-15-8-10)14(17)13(16)11-5-3-2-4-6-11/h2-9,13,16H,1H3. The van der Waals surface area contributed by atoms with Crippen molar-refractivity contribution in [2.45, 2.75) is 13.0 Å². The van der Waals surface area contributed by atoms with Gasteiger partial charge in [0, 0.05) is 18.0 Å². The topological polar surface area (TPSA) is 50.2 Å². The normalized spacial score (nSPS) is 12.1. The fourth-order valence-corrected chi connectivity index (χ4v) is 1.63. The molecule has 1 aromatic carbocycles. The van der Waals surface area contributed by atoms with Crippen LogP contribution in [0.2, 0.25) is 0 Å². The van der Waals surface area contributed by atoms with Crippen molar-refractivity contribution in [1.82, 2.24) is 4.98 Å². The molecule has 0 saturated heterocycles. The third-order valence-corrected chi connectivity index (χ3v) is 2.52. The molecule has 0 amide bonds. The molecule has 0 aliphatic carbocycles. The number of aliphatic hydroxyl groups is 1. The number of carbonyl (C=O) groups is 1. The smallest absolute Gasteiger partial charge is 0.197 e. The highest BCUT2D eigenvalue weighted by molar-refractivity contribution is 5.99. The Morgan fingerprint density at radius 3 is 2.59 bits per heavy atom. The number of pyridine rings is 1. The largest absolute Gasteiger partial charge is 0.380 e. The average Bonchev–Trinajstić information content (AvgIpc) is 2.38. The molecular formula is C14H13NO2. The molecule has 0 fully saturated rings. The Bertz CT molecular complexity index is 523. The molecule has 2 rings (SSSR count). The van der Waals surface area contributed by atoms with E-state index in [2.05, 4.69) is 4.98 Å². The first-order chi connectivity index (χ1) is 8.18. The maximum atomic E-state index is 12.0. The molecule has 86 valence electrons. The van der Waals surface area contributed by atoms with Crippen LogP contribution in [0.15, 0.2) is 48.8 Å². The minimum atomic E-state index is -1.13. The second kappa shape index (κ2) is 4.89. The highest BCUT2D eigenvalue weighted by Gasteiger charge is 2.19. The Morgan fingerprint density at radius 1 is 1.24 bits per heavy atom. The first kappa shape index (κ1) is 11.5. The molecule has 0 radical (unpaired) electrons. The van der Waals surface area contributed by atoms with E-state index in [0.29, 0.717) is 11.1 Å². The Balaban J connectivity index is 2.27. The van der Waals surface area contributed by atoms with Gasteiger partial charge in [-0.15, -0.1) is 0 Å². The zero-order valence-corrected chi connectivity index (χ0v) is 9.50. The highest BCUT2D eigenvalue weighted by atomic mass is 16.3. The fraction of sp³-hybridized carbons (Fsp3) is 0.143. The maximum Gasteiger partial charge on any atom is 0.197 e. The first-order valence-corrected chi connectivity index (χ1v) is 5.37. The van der Waals surface area contributed by atoms with Crippen LogP contribution in [0.3, 0.4) is 0 Å². The van der Waals surface area contributed by atoms with Gasteiger partial charge in [-0.05, 0) is 24.1 Å². The quantitative estimate of drug-likeness (QED) is 0.818. The third-order valence-electron chi connectivity index (χ3n) is 2.52. The summed E-state index contributed by atoms with van der Waals surface area (Å²) in [6.07, 6.45) is 2.02. The molecule has 1 heterocycles. The molecular weight excluding hydrogens is 214 g/mol. The van der Waals surface area contributed by atoms with Crippen LogP contribution in [0, 0.1) is 6.92 Å². The maximum absolute atomic E-state index is 12.0. The molecule has 3 nitrogen and oxygen atoms in total. The van der Waals surface area contributed by atoms with Gasteiger partial charge in [-0.3, -0.25) is 9.78 Å². The SMILES string of the molecule is Cc1cncc(C(=O)C(O)c2ccccc2)c1. The summed E-state index contributed by atoms with van der Waals surface area (Å²) in [4.78, 5) is 16.0. The van der Waals surface area contributed by atoms with Gasteiger partial charge in [0.25, 0.3) is 0 Å². The van der Waals surface area contributed by atoms with Gasteiger partial charge >= 0.3 is 0 Å². The van der Waals surface area contributed by atoms with Crippen molar-refractivity contribution in [3.63, 3.8) is 0 Å². The summed E-state index contributed by atoms with van der Waals surface area (Å²) in [6, 6.07) is 10.6. The van der Waals surface area contributed by atoms with E-state index >= 15 is 0 Å². The van der Waals surface area contributed by atoms with E-state index in [0.717, 1.165) is 5.56 Å². The van der Waals surface area contributed by atoms with Crippen molar-refractivity contribution >= 4 is 5.78 Å². The number of aromatic nitrogens is 1. The Morgan fingerprint density at radius 2 is 1.94 bits per heavy atom. The molecule has 1 aromatic heterocycles.